The largest absolute Gasteiger partial charge is 0.329 e. The second-order valence-corrected chi connectivity index (χ2v) is 5.19. The third-order valence-corrected chi connectivity index (χ3v) is 3.40. The smallest absolute Gasteiger partial charge is 0.0244 e. The first-order valence-electron chi connectivity index (χ1n) is 6.21. The van der Waals surface area contributed by atoms with E-state index in [4.69, 9.17) is 5.73 Å². The van der Waals surface area contributed by atoms with E-state index in [0.29, 0.717) is 6.04 Å². The van der Waals surface area contributed by atoms with Crippen molar-refractivity contribution in [3.8, 4) is 0 Å². The molecule has 2 rings (SSSR count). The van der Waals surface area contributed by atoms with Crippen molar-refractivity contribution in [2.75, 3.05) is 6.54 Å². The van der Waals surface area contributed by atoms with Crippen LogP contribution in [0.3, 0.4) is 0 Å². The summed E-state index contributed by atoms with van der Waals surface area (Å²) in [6, 6.07) is 9.26. The fraction of sp³-hybridized carbons (Fsp3) is 0.571. The first kappa shape index (κ1) is 11.6. The summed E-state index contributed by atoms with van der Waals surface area (Å²) in [5, 5.41) is 0. The first-order valence-corrected chi connectivity index (χ1v) is 6.21. The van der Waals surface area contributed by atoms with E-state index < -0.39 is 0 Å². The molecule has 0 saturated carbocycles. The van der Waals surface area contributed by atoms with Gasteiger partial charge in [0.25, 0.3) is 0 Å². The van der Waals surface area contributed by atoms with E-state index in [1.165, 1.54) is 17.5 Å². The Labute approximate surface area is 98.4 Å². The minimum Gasteiger partial charge on any atom is -0.329 e. The number of fused-ring (bicyclic) bond motifs is 1. The molecule has 1 heterocycles. The minimum atomic E-state index is 0.535. The lowest BCUT2D eigenvalue weighted by Crippen LogP contribution is -2.38. The lowest BCUT2D eigenvalue weighted by Gasteiger charge is -2.27. The van der Waals surface area contributed by atoms with Gasteiger partial charge < -0.3 is 5.73 Å². The van der Waals surface area contributed by atoms with Crippen LogP contribution >= 0.6 is 0 Å². The van der Waals surface area contributed by atoms with Gasteiger partial charge in [0.2, 0.25) is 0 Å². The number of nitrogens with zero attached hydrogens (tertiary/aromatic N) is 1. The molecule has 88 valence electrons. The van der Waals surface area contributed by atoms with Gasteiger partial charge in [-0.15, -0.1) is 0 Å². The molecule has 1 aliphatic rings. The Morgan fingerprint density at radius 1 is 1.19 bits per heavy atom. The molecular weight excluding hydrogens is 196 g/mol. The average Bonchev–Trinajstić information content (AvgIpc) is 2.68. The van der Waals surface area contributed by atoms with E-state index in [1.807, 2.05) is 0 Å². The molecule has 0 aliphatic carbocycles. The maximum Gasteiger partial charge on any atom is 0.0244 e. The molecule has 0 bridgehead atoms. The van der Waals surface area contributed by atoms with Gasteiger partial charge in [-0.3, -0.25) is 4.90 Å². The molecule has 0 aromatic heterocycles. The molecule has 1 atom stereocenters. The highest BCUT2D eigenvalue weighted by Crippen LogP contribution is 2.25. The van der Waals surface area contributed by atoms with Crippen LogP contribution in [0, 0.1) is 5.92 Å². The van der Waals surface area contributed by atoms with Gasteiger partial charge in [0.05, 0.1) is 0 Å². The lowest BCUT2D eigenvalue weighted by molar-refractivity contribution is 0.179. The molecule has 0 radical (unpaired) electrons. The van der Waals surface area contributed by atoms with E-state index in [0.717, 1.165) is 25.6 Å². The zero-order valence-corrected chi connectivity index (χ0v) is 10.3. The molecule has 1 aliphatic heterocycles. The van der Waals surface area contributed by atoms with Crippen LogP contribution < -0.4 is 5.73 Å². The number of nitrogens with two attached hydrogens (primary N) is 1. The van der Waals surface area contributed by atoms with Crippen LogP contribution in [0.15, 0.2) is 24.3 Å². The molecule has 2 nitrogen and oxygen atoms in total. The molecule has 16 heavy (non-hydrogen) atoms. The van der Waals surface area contributed by atoms with Crippen LogP contribution in [0.5, 0.6) is 0 Å². The highest BCUT2D eigenvalue weighted by atomic mass is 15.2. The van der Waals surface area contributed by atoms with Crippen molar-refractivity contribution in [2.24, 2.45) is 11.7 Å². The van der Waals surface area contributed by atoms with Crippen LogP contribution in [0.2, 0.25) is 0 Å². The molecule has 1 aromatic rings. The van der Waals surface area contributed by atoms with Crippen LogP contribution in [-0.2, 0) is 13.1 Å². The van der Waals surface area contributed by atoms with Crippen molar-refractivity contribution in [2.45, 2.75) is 39.4 Å². The number of hydrogen-bond acceptors (Lipinski definition) is 2. The summed E-state index contributed by atoms with van der Waals surface area (Å²) in [5.74, 6) is 0.720. The van der Waals surface area contributed by atoms with Gasteiger partial charge in [-0.25, -0.2) is 0 Å². The Bertz CT molecular complexity index is 321. The van der Waals surface area contributed by atoms with Gasteiger partial charge in [0.15, 0.2) is 0 Å². The summed E-state index contributed by atoms with van der Waals surface area (Å²) in [6.07, 6.45) is 1.20. The topological polar surface area (TPSA) is 29.3 Å². The standard InChI is InChI=1S/C14H22N2/c1-11(2)7-14(8-15)16-9-12-5-3-4-6-13(12)10-16/h3-6,11,14H,7-10,15H2,1-2H3. The summed E-state index contributed by atoms with van der Waals surface area (Å²) in [6.45, 7) is 7.46. The third-order valence-electron chi connectivity index (χ3n) is 3.40. The Hall–Kier alpha value is -0.860. The van der Waals surface area contributed by atoms with E-state index >= 15 is 0 Å². The predicted octanol–water partition coefficient (Wildman–Crippen LogP) is 2.38. The van der Waals surface area contributed by atoms with Gasteiger partial charge in [-0.05, 0) is 23.5 Å². The Morgan fingerprint density at radius 3 is 2.19 bits per heavy atom. The molecule has 0 spiro atoms. The van der Waals surface area contributed by atoms with Gasteiger partial charge in [-0.1, -0.05) is 38.1 Å². The minimum absolute atomic E-state index is 0.535. The van der Waals surface area contributed by atoms with Crippen molar-refractivity contribution >= 4 is 0 Å². The predicted molar refractivity (Wildman–Crippen MR) is 68.0 cm³/mol. The number of hydrogen-bond donors (Lipinski definition) is 1. The summed E-state index contributed by atoms with van der Waals surface area (Å²) in [5.41, 5.74) is 8.85. The van der Waals surface area contributed by atoms with Crippen molar-refractivity contribution in [1.82, 2.24) is 4.90 Å². The molecule has 0 saturated heterocycles. The van der Waals surface area contributed by atoms with Crippen molar-refractivity contribution < 1.29 is 0 Å². The lowest BCUT2D eigenvalue weighted by atomic mass is 10.0. The third kappa shape index (κ3) is 2.45. The Kier molecular flexibility index (Phi) is 3.62. The summed E-state index contributed by atoms with van der Waals surface area (Å²) >= 11 is 0. The average molecular weight is 218 g/mol. The fourth-order valence-corrected chi connectivity index (χ4v) is 2.56. The maximum absolute atomic E-state index is 5.89. The second kappa shape index (κ2) is 4.98. The van der Waals surface area contributed by atoms with Crippen LogP contribution in [0.4, 0.5) is 0 Å². The fourth-order valence-electron chi connectivity index (χ4n) is 2.56. The monoisotopic (exact) mass is 218 g/mol. The molecule has 0 fully saturated rings. The van der Waals surface area contributed by atoms with Gasteiger partial charge in [-0.2, -0.15) is 0 Å². The van der Waals surface area contributed by atoms with Crippen molar-refractivity contribution in [1.29, 1.82) is 0 Å². The van der Waals surface area contributed by atoms with Crippen LogP contribution in [0.25, 0.3) is 0 Å². The normalized spacial score (nSPS) is 17.8. The quantitative estimate of drug-likeness (QED) is 0.840. The number of benzene rings is 1. The zero-order valence-electron chi connectivity index (χ0n) is 10.3. The molecule has 2 N–H and O–H groups in total. The van der Waals surface area contributed by atoms with Crippen LogP contribution in [0.1, 0.15) is 31.4 Å². The summed E-state index contributed by atoms with van der Waals surface area (Å²) < 4.78 is 0. The SMILES string of the molecule is CC(C)CC(CN)N1Cc2ccccc2C1. The Balaban J connectivity index is 2.04. The summed E-state index contributed by atoms with van der Waals surface area (Å²) in [7, 11) is 0. The van der Waals surface area contributed by atoms with Gasteiger partial charge in [0.1, 0.15) is 0 Å². The summed E-state index contributed by atoms with van der Waals surface area (Å²) in [4.78, 5) is 2.52. The molecular formula is C14H22N2. The Morgan fingerprint density at radius 2 is 1.75 bits per heavy atom. The van der Waals surface area contributed by atoms with Gasteiger partial charge in [0, 0.05) is 25.7 Å². The van der Waals surface area contributed by atoms with E-state index in [2.05, 4.69) is 43.0 Å². The molecule has 0 amide bonds. The molecule has 2 heteroatoms. The van der Waals surface area contributed by atoms with E-state index in [-0.39, 0.29) is 0 Å². The van der Waals surface area contributed by atoms with Crippen molar-refractivity contribution in [3.63, 3.8) is 0 Å². The van der Waals surface area contributed by atoms with Gasteiger partial charge >= 0.3 is 0 Å². The van der Waals surface area contributed by atoms with Crippen molar-refractivity contribution in [3.05, 3.63) is 35.4 Å². The van der Waals surface area contributed by atoms with E-state index in [1.54, 1.807) is 0 Å². The highest BCUT2D eigenvalue weighted by Gasteiger charge is 2.24. The van der Waals surface area contributed by atoms with Crippen LogP contribution in [-0.4, -0.2) is 17.5 Å². The van der Waals surface area contributed by atoms with E-state index in [9.17, 15) is 0 Å². The maximum atomic E-state index is 5.89. The molecule has 1 unspecified atom stereocenters. The first-order chi connectivity index (χ1) is 7.70. The zero-order chi connectivity index (χ0) is 11.5. The number of rotatable bonds is 4. The molecule has 1 aromatic carbocycles. The highest BCUT2D eigenvalue weighted by molar-refractivity contribution is 5.30. The second-order valence-electron chi connectivity index (χ2n) is 5.19.